The van der Waals surface area contributed by atoms with Crippen LogP contribution in [-0.2, 0) is 14.8 Å². The summed E-state index contributed by atoms with van der Waals surface area (Å²) >= 11 is 8.07. The van der Waals surface area contributed by atoms with Crippen LogP contribution in [0.4, 0.5) is 5.69 Å². The Bertz CT molecular complexity index is 698. The van der Waals surface area contributed by atoms with E-state index in [9.17, 15) is 13.2 Å². The molecule has 0 unspecified atom stereocenters. The normalized spacial score (nSPS) is 19.9. The minimum atomic E-state index is -3.67. The number of nitrogens with zero attached hydrogens (tertiary/aromatic N) is 1. The topological polar surface area (TPSA) is 80.5 Å². The van der Waals surface area contributed by atoms with Gasteiger partial charge < -0.3 is 5.73 Å². The third kappa shape index (κ3) is 1.89. The van der Waals surface area contributed by atoms with E-state index in [1.54, 1.807) is 12.1 Å². The molecule has 0 saturated carbocycles. The van der Waals surface area contributed by atoms with E-state index in [1.807, 2.05) is 0 Å². The van der Waals surface area contributed by atoms with Gasteiger partial charge in [0.05, 0.1) is 5.69 Å². The van der Waals surface area contributed by atoms with Crippen LogP contribution in [0.25, 0.3) is 0 Å². The summed E-state index contributed by atoms with van der Waals surface area (Å²) in [6.07, 6.45) is 0. The molecule has 1 aromatic rings. The van der Waals surface area contributed by atoms with Crippen LogP contribution in [0.1, 0.15) is 19.4 Å². The van der Waals surface area contributed by atoms with Gasteiger partial charge in [-0.15, -0.1) is 0 Å². The summed E-state index contributed by atoms with van der Waals surface area (Å²) in [5, 5.41) is 0. The van der Waals surface area contributed by atoms with E-state index in [4.69, 9.17) is 18.0 Å². The molecule has 0 aromatic heterocycles. The lowest BCUT2D eigenvalue weighted by Gasteiger charge is -2.43. The summed E-state index contributed by atoms with van der Waals surface area (Å²) in [4.78, 5) is 12.1. The van der Waals surface area contributed by atoms with Gasteiger partial charge in [0.1, 0.15) is 4.99 Å². The van der Waals surface area contributed by atoms with Gasteiger partial charge in [-0.2, -0.15) is 0 Å². The van der Waals surface area contributed by atoms with Gasteiger partial charge in [0, 0.05) is 10.0 Å². The first kappa shape index (κ1) is 14.4. The number of hydrogen-bond acceptors (Lipinski definition) is 4. The zero-order valence-corrected chi connectivity index (χ0v) is 13.4. The lowest BCUT2D eigenvalue weighted by molar-refractivity contribution is -0.120. The third-order valence-electron chi connectivity index (χ3n) is 3.04. The standard InChI is InChI=1S/C11H11BrN2O3S2/c1-11(2)10(15)14(19(11,16)17)8-4-3-6(9(13)18)5-7(8)12/h3-5H,1-2H3,(H2,13,18). The summed E-state index contributed by atoms with van der Waals surface area (Å²) in [6, 6.07) is 4.67. The molecule has 0 aliphatic carbocycles. The molecule has 2 rings (SSSR count). The van der Waals surface area contributed by atoms with Crippen molar-refractivity contribution < 1.29 is 13.2 Å². The van der Waals surface area contributed by atoms with Crippen LogP contribution in [0, 0.1) is 0 Å². The molecule has 1 aliphatic heterocycles. The van der Waals surface area contributed by atoms with Gasteiger partial charge in [0.25, 0.3) is 15.9 Å². The summed E-state index contributed by atoms with van der Waals surface area (Å²) in [5.41, 5.74) is 6.35. The number of hydrogen-bond donors (Lipinski definition) is 1. The largest absolute Gasteiger partial charge is 0.389 e. The monoisotopic (exact) mass is 362 g/mol. The number of nitrogens with two attached hydrogens (primary N) is 1. The summed E-state index contributed by atoms with van der Waals surface area (Å²) in [5.74, 6) is -0.462. The van der Waals surface area contributed by atoms with Gasteiger partial charge in [-0.05, 0) is 48.0 Å². The Balaban J connectivity index is 2.51. The molecule has 19 heavy (non-hydrogen) atoms. The fourth-order valence-corrected chi connectivity index (χ4v) is 4.02. The summed E-state index contributed by atoms with van der Waals surface area (Å²) < 4.78 is 24.0. The molecule has 8 heteroatoms. The van der Waals surface area contributed by atoms with Crippen LogP contribution in [0.3, 0.4) is 0 Å². The fourth-order valence-electron chi connectivity index (χ4n) is 1.72. The maximum absolute atomic E-state index is 12.1. The van der Waals surface area contributed by atoms with Crippen LogP contribution >= 0.6 is 28.1 Å². The van der Waals surface area contributed by atoms with E-state index >= 15 is 0 Å². The van der Waals surface area contributed by atoms with Crippen molar-refractivity contribution in [3.63, 3.8) is 0 Å². The van der Waals surface area contributed by atoms with Crippen molar-refractivity contribution in [1.29, 1.82) is 0 Å². The van der Waals surface area contributed by atoms with Crippen LogP contribution in [0.2, 0.25) is 0 Å². The molecule has 0 bridgehead atoms. The van der Waals surface area contributed by atoms with Gasteiger partial charge in [-0.25, -0.2) is 12.7 Å². The van der Waals surface area contributed by atoms with Gasteiger partial charge in [-0.3, -0.25) is 4.79 Å². The molecular weight excluding hydrogens is 352 g/mol. The summed E-state index contributed by atoms with van der Waals surface area (Å²) in [7, 11) is -3.67. The Labute approximate surface area is 124 Å². The van der Waals surface area contributed by atoms with Gasteiger partial charge in [0.15, 0.2) is 4.75 Å². The predicted octanol–water partition coefficient (Wildman–Crippen LogP) is 1.54. The molecule has 1 amide bonds. The second-order valence-electron chi connectivity index (χ2n) is 4.62. The number of halogens is 1. The van der Waals surface area contributed by atoms with Gasteiger partial charge in [-0.1, -0.05) is 12.2 Å². The molecule has 1 saturated heterocycles. The lowest BCUT2D eigenvalue weighted by atomic mass is 10.1. The van der Waals surface area contributed by atoms with Crippen molar-refractivity contribution in [2.75, 3.05) is 4.31 Å². The lowest BCUT2D eigenvalue weighted by Crippen LogP contribution is -2.67. The average molecular weight is 363 g/mol. The zero-order chi connectivity index (χ0) is 14.6. The Morgan fingerprint density at radius 2 is 2.00 bits per heavy atom. The highest BCUT2D eigenvalue weighted by Crippen LogP contribution is 2.42. The molecule has 2 N–H and O–H groups in total. The maximum atomic E-state index is 12.1. The Morgan fingerprint density at radius 1 is 1.42 bits per heavy atom. The van der Waals surface area contributed by atoms with Crippen LogP contribution in [0.5, 0.6) is 0 Å². The van der Waals surface area contributed by atoms with Crippen LogP contribution < -0.4 is 10.0 Å². The maximum Gasteiger partial charge on any atom is 0.263 e. The van der Waals surface area contributed by atoms with E-state index in [0.29, 0.717) is 10.0 Å². The van der Waals surface area contributed by atoms with Crippen LogP contribution in [-0.4, -0.2) is 24.1 Å². The molecule has 102 valence electrons. The predicted molar refractivity (Wildman–Crippen MR) is 80.5 cm³/mol. The van der Waals surface area contributed by atoms with E-state index in [-0.39, 0.29) is 10.7 Å². The summed E-state index contributed by atoms with van der Waals surface area (Å²) in [6.45, 7) is 2.77. The average Bonchev–Trinajstić information content (AvgIpc) is 2.30. The molecule has 1 aliphatic rings. The molecule has 5 nitrogen and oxygen atoms in total. The molecule has 1 aromatic carbocycles. The molecule has 1 heterocycles. The Hall–Kier alpha value is -0.990. The number of thiocarbonyl (C=S) groups is 1. The highest BCUT2D eigenvalue weighted by Gasteiger charge is 2.61. The number of anilines is 1. The highest BCUT2D eigenvalue weighted by atomic mass is 79.9. The second-order valence-corrected chi connectivity index (χ2v) is 8.25. The molecular formula is C11H11BrN2O3S2. The molecule has 1 fully saturated rings. The van der Waals surface area contributed by atoms with Crippen molar-refractivity contribution in [3.05, 3.63) is 28.2 Å². The van der Waals surface area contributed by atoms with Crippen molar-refractivity contribution in [2.24, 2.45) is 5.73 Å². The number of carbonyl (C=O) groups is 1. The highest BCUT2D eigenvalue weighted by molar-refractivity contribution is 9.10. The number of amides is 1. The number of benzene rings is 1. The minimum Gasteiger partial charge on any atom is -0.389 e. The Kier molecular flexibility index (Phi) is 3.23. The van der Waals surface area contributed by atoms with Crippen LogP contribution in [0.15, 0.2) is 22.7 Å². The van der Waals surface area contributed by atoms with Crippen molar-refractivity contribution >= 4 is 54.8 Å². The number of rotatable bonds is 2. The first-order chi connectivity index (χ1) is 8.60. The first-order valence-electron chi connectivity index (χ1n) is 5.29. The number of sulfonamides is 1. The van der Waals surface area contributed by atoms with Crippen molar-refractivity contribution in [1.82, 2.24) is 0 Å². The smallest absolute Gasteiger partial charge is 0.263 e. The van der Waals surface area contributed by atoms with Gasteiger partial charge >= 0.3 is 0 Å². The minimum absolute atomic E-state index is 0.199. The van der Waals surface area contributed by atoms with E-state index in [0.717, 1.165) is 4.31 Å². The zero-order valence-electron chi connectivity index (χ0n) is 10.2. The SMILES string of the molecule is CC1(C)C(=O)N(c2ccc(C(N)=S)cc2Br)S1(=O)=O. The molecule has 0 spiro atoms. The Morgan fingerprint density at radius 3 is 2.42 bits per heavy atom. The second kappa shape index (κ2) is 4.26. The van der Waals surface area contributed by atoms with Gasteiger partial charge in [0.2, 0.25) is 0 Å². The fraction of sp³-hybridized carbons (Fsp3) is 0.273. The molecule has 0 radical (unpaired) electrons. The van der Waals surface area contributed by atoms with E-state index < -0.39 is 20.7 Å². The van der Waals surface area contributed by atoms with E-state index in [1.165, 1.54) is 19.9 Å². The van der Waals surface area contributed by atoms with E-state index in [2.05, 4.69) is 15.9 Å². The van der Waals surface area contributed by atoms with Crippen molar-refractivity contribution in [3.8, 4) is 0 Å². The molecule has 0 atom stereocenters. The number of carbonyl (C=O) groups excluding carboxylic acids is 1. The first-order valence-corrected chi connectivity index (χ1v) is 7.93. The third-order valence-corrected chi connectivity index (χ3v) is 6.21. The quantitative estimate of drug-likeness (QED) is 0.807. The van der Waals surface area contributed by atoms with Crippen molar-refractivity contribution in [2.45, 2.75) is 18.6 Å².